The highest BCUT2D eigenvalue weighted by molar-refractivity contribution is 9.10. The van der Waals surface area contributed by atoms with Gasteiger partial charge < -0.3 is 10.2 Å². The van der Waals surface area contributed by atoms with Crippen LogP contribution in [0.25, 0.3) is 0 Å². The van der Waals surface area contributed by atoms with Crippen molar-refractivity contribution in [3.8, 4) is 0 Å². The van der Waals surface area contributed by atoms with Gasteiger partial charge >= 0.3 is 0 Å². The van der Waals surface area contributed by atoms with E-state index in [4.69, 9.17) is 0 Å². The Morgan fingerprint density at radius 3 is 2.46 bits per heavy atom. The van der Waals surface area contributed by atoms with Gasteiger partial charge in [-0.2, -0.15) is 0 Å². The van der Waals surface area contributed by atoms with Crippen molar-refractivity contribution in [2.45, 2.75) is 13.3 Å². The summed E-state index contributed by atoms with van der Waals surface area (Å²) < 4.78 is 1.92. The smallest absolute Gasteiger partial charge is 0.229 e. The van der Waals surface area contributed by atoms with Crippen LogP contribution in [0.3, 0.4) is 0 Å². The Morgan fingerprint density at radius 2 is 1.79 bits per heavy atom. The van der Waals surface area contributed by atoms with Crippen molar-refractivity contribution in [1.29, 1.82) is 0 Å². The van der Waals surface area contributed by atoms with Crippen molar-refractivity contribution in [3.05, 3.63) is 57.0 Å². The van der Waals surface area contributed by atoms with Gasteiger partial charge in [0.15, 0.2) is 0 Å². The first-order chi connectivity index (χ1) is 11.4. The Balaban J connectivity index is 1.70. The van der Waals surface area contributed by atoms with Crippen LogP contribution < -0.4 is 10.2 Å². The van der Waals surface area contributed by atoms with Crippen LogP contribution in [-0.2, 0) is 9.59 Å². The van der Waals surface area contributed by atoms with Gasteiger partial charge in [0.05, 0.1) is 5.92 Å². The lowest BCUT2D eigenvalue weighted by Gasteiger charge is -2.17. The van der Waals surface area contributed by atoms with E-state index < -0.39 is 0 Å². The van der Waals surface area contributed by atoms with Crippen molar-refractivity contribution in [3.63, 3.8) is 0 Å². The molecule has 1 aliphatic heterocycles. The summed E-state index contributed by atoms with van der Waals surface area (Å²) in [6.45, 7) is 2.34. The molecule has 4 nitrogen and oxygen atoms in total. The van der Waals surface area contributed by atoms with Crippen molar-refractivity contribution in [2.24, 2.45) is 5.92 Å². The van der Waals surface area contributed by atoms with E-state index in [1.54, 1.807) is 4.90 Å². The second kappa shape index (κ2) is 7.07. The van der Waals surface area contributed by atoms with E-state index in [9.17, 15) is 9.59 Å². The fourth-order valence-electron chi connectivity index (χ4n) is 2.76. The SMILES string of the molecule is Cc1cc(Br)ccc1NC(=O)[C@H]1CC(=O)N(c2ccc(Br)cc2)C1. The molecule has 1 atom stereocenters. The van der Waals surface area contributed by atoms with Gasteiger partial charge in [-0.15, -0.1) is 0 Å². The highest BCUT2D eigenvalue weighted by atomic mass is 79.9. The molecule has 1 N–H and O–H groups in total. The molecule has 0 saturated carbocycles. The number of hydrogen-bond acceptors (Lipinski definition) is 2. The van der Waals surface area contributed by atoms with Crippen molar-refractivity contribution in [2.75, 3.05) is 16.8 Å². The summed E-state index contributed by atoms with van der Waals surface area (Å²) >= 11 is 6.79. The van der Waals surface area contributed by atoms with Crippen LogP contribution in [0.5, 0.6) is 0 Å². The van der Waals surface area contributed by atoms with Gasteiger partial charge in [-0.3, -0.25) is 9.59 Å². The molecule has 24 heavy (non-hydrogen) atoms. The highest BCUT2D eigenvalue weighted by Crippen LogP contribution is 2.28. The van der Waals surface area contributed by atoms with Gasteiger partial charge in [0.25, 0.3) is 0 Å². The maximum atomic E-state index is 12.5. The van der Waals surface area contributed by atoms with Crippen LogP contribution in [0.4, 0.5) is 11.4 Å². The standard InChI is InChI=1S/C18H16Br2N2O2/c1-11-8-14(20)4-7-16(11)21-18(24)12-9-17(23)22(10-12)15-5-2-13(19)3-6-15/h2-8,12H,9-10H2,1H3,(H,21,24)/t12-/m0/s1. The van der Waals surface area contributed by atoms with Gasteiger partial charge in [-0.05, 0) is 55.0 Å². The summed E-state index contributed by atoms with van der Waals surface area (Å²) in [5.41, 5.74) is 2.57. The largest absolute Gasteiger partial charge is 0.326 e. The summed E-state index contributed by atoms with van der Waals surface area (Å²) in [5.74, 6) is -0.484. The van der Waals surface area contributed by atoms with E-state index in [0.29, 0.717) is 6.54 Å². The molecule has 1 fully saturated rings. The van der Waals surface area contributed by atoms with Crippen LogP contribution in [0.15, 0.2) is 51.4 Å². The third-order valence-corrected chi connectivity index (χ3v) is 5.10. The molecule has 0 aliphatic carbocycles. The summed E-state index contributed by atoms with van der Waals surface area (Å²) in [7, 11) is 0. The third kappa shape index (κ3) is 3.70. The molecule has 0 aromatic heterocycles. The topological polar surface area (TPSA) is 49.4 Å². The molecule has 1 heterocycles. The van der Waals surface area contributed by atoms with Crippen molar-refractivity contribution >= 4 is 55.0 Å². The Bertz CT molecular complexity index is 790. The number of amides is 2. The van der Waals surface area contributed by atoms with Gasteiger partial charge in [0.2, 0.25) is 11.8 Å². The van der Waals surface area contributed by atoms with E-state index in [1.165, 1.54) is 0 Å². The van der Waals surface area contributed by atoms with Crippen LogP contribution in [0.1, 0.15) is 12.0 Å². The second-order valence-corrected chi connectivity index (χ2v) is 7.66. The molecule has 2 amide bonds. The molecule has 3 rings (SSSR count). The maximum Gasteiger partial charge on any atom is 0.229 e. The lowest BCUT2D eigenvalue weighted by atomic mass is 10.1. The predicted molar refractivity (Wildman–Crippen MR) is 102 cm³/mol. The summed E-state index contributed by atoms with van der Waals surface area (Å²) in [4.78, 5) is 26.5. The van der Waals surface area contributed by atoms with Gasteiger partial charge in [0, 0.05) is 33.3 Å². The minimum absolute atomic E-state index is 0.0231. The Morgan fingerprint density at radius 1 is 1.12 bits per heavy atom. The van der Waals surface area contributed by atoms with Gasteiger partial charge in [-0.1, -0.05) is 31.9 Å². The van der Waals surface area contributed by atoms with E-state index in [-0.39, 0.29) is 24.2 Å². The van der Waals surface area contributed by atoms with E-state index in [0.717, 1.165) is 25.9 Å². The Hall–Kier alpha value is -1.66. The number of rotatable bonds is 3. The first-order valence-electron chi connectivity index (χ1n) is 7.57. The fraction of sp³-hybridized carbons (Fsp3) is 0.222. The molecule has 6 heteroatoms. The molecule has 0 spiro atoms. The third-order valence-electron chi connectivity index (χ3n) is 4.08. The minimum atomic E-state index is -0.343. The van der Waals surface area contributed by atoms with E-state index in [1.807, 2.05) is 49.4 Å². The highest BCUT2D eigenvalue weighted by Gasteiger charge is 2.35. The van der Waals surface area contributed by atoms with Crippen LogP contribution >= 0.6 is 31.9 Å². The Labute approximate surface area is 157 Å². The number of anilines is 2. The number of carbonyl (C=O) groups excluding carboxylic acids is 2. The molecule has 0 unspecified atom stereocenters. The molecular formula is C18H16Br2N2O2. The molecule has 1 saturated heterocycles. The quantitative estimate of drug-likeness (QED) is 0.746. The number of benzene rings is 2. The lowest BCUT2D eigenvalue weighted by Crippen LogP contribution is -2.28. The number of hydrogen-bond donors (Lipinski definition) is 1. The molecule has 2 aromatic rings. The number of carbonyl (C=O) groups is 2. The van der Waals surface area contributed by atoms with E-state index in [2.05, 4.69) is 37.2 Å². The molecular weight excluding hydrogens is 436 g/mol. The van der Waals surface area contributed by atoms with Crippen LogP contribution in [0, 0.1) is 12.8 Å². The number of nitrogens with zero attached hydrogens (tertiary/aromatic N) is 1. The van der Waals surface area contributed by atoms with E-state index >= 15 is 0 Å². The minimum Gasteiger partial charge on any atom is -0.326 e. The number of halogens is 2. The summed E-state index contributed by atoms with van der Waals surface area (Å²) in [6.07, 6.45) is 0.234. The summed E-state index contributed by atoms with van der Waals surface area (Å²) in [6, 6.07) is 13.2. The van der Waals surface area contributed by atoms with Gasteiger partial charge in [0.1, 0.15) is 0 Å². The summed E-state index contributed by atoms with van der Waals surface area (Å²) in [5, 5.41) is 2.93. The van der Waals surface area contributed by atoms with Gasteiger partial charge in [-0.25, -0.2) is 0 Å². The monoisotopic (exact) mass is 450 g/mol. The van der Waals surface area contributed by atoms with Crippen molar-refractivity contribution in [1.82, 2.24) is 0 Å². The molecule has 2 aromatic carbocycles. The predicted octanol–water partition coefficient (Wildman–Crippen LogP) is 4.51. The van der Waals surface area contributed by atoms with Crippen molar-refractivity contribution < 1.29 is 9.59 Å². The number of nitrogens with one attached hydrogen (secondary N) is 1. The first kappa shape index (κ1) is 17.2. The molecule has 0 radical (unpaired) electrons. The number of aryl methyl sites for hydroxylation is 1. The fourth-order valence-corrected chi connectivity index (χ4v) is 3.50. The molecule has 1 aliphatic rings. The normalized spacial score (nSPS) is 17.2. The maximum absolute atomic E-state index is 12.5. The van der Waals surface area contributed by atoms with Crippen LogP contribution in [-0.4, -0.2) is 18.4 Å². The molecule has 0 bridgehead atoms. The zero-order chi connectivity index (χ0) is 17.3. The van der Waals surface area contributed by atoms with Crippen LogP contribution in [0.2, 0.25) is 0 Å². The Kier molecular flexibility index (Phi) is 5.06. The second-order valence-electron chi connectivity index (χ2n) is 5.83. The average Bonchev–Trinajstić information content (AvgIpc) is 2.93. The lowest BCUT2D eigenvalue weighted by molar-refractivity contribution is -0.122. The first-order valence-corrected chi connectivity index (χ1v) is 9.15. The average molecular weight is 452 g/mol. The zero-order valence-electron chi connectivity index (χ0n) is 13.1. The molecule has 124 valence electrons. The zero-order valence-corrected chi connectivity index (χ0v) is 16.2.